The summed E-state index contributed by atoms with van der Waals surface area (Å²) in [5, 5.41) is 12.3. The molecule has 1 aliphatic carbocycles. The quantitative estimate of drug-likeness (QED) is 0.733. The molecule has 0 bridgehead atoms. The number of carbonyl (C=O) groups is 1. The molecule has 0 aromatic heterocycles. The smallest absolute Gasteiger partial charge is 0.320 e. The van der Waals surface area contributed by atoms with Gasteiger partial charge >= 0.3 is 5.97 Å². The number of carboxylic acids is 1. The zero-order chi connectivity index (χ0) is 15.2. The molecule has 1 fully saturated rings. The van der Waals surface area contributed by atoms with Crippen molar-refractivity contribution in [1.82, 2.24) is 5.32 Å². The normalized spacial score (nSPS) is 17.2. The lowest BCUT2D eigenvalue weighted by molar-refractivity contribution is -0.139. The van der Waals surface area contributed by atoms with Crippen molar-refractivity contribution in [2.75, 3.05) is 6.61 Å². The number of hydrogen-bond donors (Lipinski definition) is 2. The van der Waals surface area contributed by atoms with E-state index in [0.29, 0.717) is 25.0 Å². The van der Waals surface area contributed by atoms with Crippen LogP contribution in [-0.2, 0) is 4.79 Å². The summed E-state index contributed by atoms with van der Waals surface area (Å²) in [5.41, 5.74) is 1.31. The van der Waals surface area contributed by atoms with Gasteiger partial charge in [0.2, 0.25) is 0 Å². The summed E-state index contributed by atoms with van der Waals surface area (Å²) >= 11 is 0. The summed E-state index contributed by atoms with van der Waals surface area (Å²) < 4.78 is 5.65. The topological polar surface area (TPSA) is 58.6 Å². The van der Waals surface area contributed by atoms with Crippen LogP contribution in [0.5, 0.6) is 5.75 Å². The first kappa shape index (κ1) is 15.8. The SMILES string of the molecule is CCC(C)c1ccc(OCCC(NC2CC2)C(=O)O)cc1. The van der Waals surface area contributed by atoms with Gasteiger partial charge in [-0.2, -0.15) is 0 Å². The van der Waals surface area contributed by atoms with Crippen LogP contribution in [0.4, 0.5) is 0 Å². The monoisotopic (exact) mass is 291 g/mol. The fourth-order valence-electron chi connectivity index (χ4n) is 2.24. The molecule has 0 radical (unpaired) electrons. The molecule has 1 aromatic rings. The zero-order valence-electron chi connectivity index (χ0n) is 12.8. The van der Waals surface area contributed by atoms with Crippen molar-refractivity contribution in [3.63, 3.8) is 0 Å². The Hall–Kier alpha value is -1.55. The first-order chi connectivity index (χ1) is 10.1. The lowest BCUT2D eigenvalue weighted by Crippen LogP contribution is -2.39. The van der Waals surface area contributed by atoms with E-state index in [4.69, 9.17) is 9.84 Å². The fourth-order valence-corrected chi connectivity index (χ4v) is 2.24. The maximum absolute atomic E-state index is 11.1. The second kappa shape index (κ2) is 7.46. The largest absolute Gasteiger partial charge is 0.494 e. The molecule has 2 unspecified atom stereocenters. The van der Waals surface area contributed by atoms with Crippen LogP contribution < -0.4 is 10.1 Å². The number of benzene rings is 1. The van der Waals surface area contributed by atoms with Crippen LogP contribution in [0.2, 0.25) is 0 Å². The van der Waals surface area contributed by atoms with Gasteiger partial charge in [0.05, 0.1) is 6.61 Å². The summed E-state index contributed by atoms with van der Waals surface area (Å²) in [7, 11) is 0. The predicted octanol–water partition coefficient (Wildman–Crippen LogP) is 3.17. The van der Waals surface area contributed by atoms with Crippen molar-refractivity contribution in [2.45, 2.75) is 57.5 Å². The van der Waals surface area contributed by atoms with E-state index in [2.05, 4.69) is 31.3 Å². The first-order valence-corrected chi connectivity index (χ1v) is 7.81. The molecule has 4 nitrogen and oxygen atoms in total. The Morgan fingerprint density at radius 1 is 1.38 bits per heavy atom. The van der Waals surface area contributed by atoms with Crippen molar-refractivity contribution in [1.29, 1.82) is 0 Å². The maximum Gasteiger partial charge on any atom is 0.320 e. The molecule has 2 rings (SSSR count). The van der Waals surface area contributed by atoms with Crippen molar-refractivity contribution >= 4 is 5.97 Å². The molecule has 1 aliphatic rings. The van der Waals surface area contributed by atoms with E-state index in [1.807, 2.05) is 12.1 Å². The van der Waals surface area contributed by atoms with E-state index in [-0.39, 0.29) is 0 Å². The van der Waals surface area contributed by atoms with E-state index in [1.165, 1.54) is 5.56 Å². The molecule has 116 valence electrons. The lowest BCUT2D eigenvalue weighted by Gasteiger charge is -2.15. The van der Waals surface area contributed by atoms with Gasteiger partial charge in [-0.3, -0.25) is 4.79 Å². The third-order valence-electron chi connectivity index (χ3n) is 4.05. The average molecular weight is 291 g/mol. The molecule has 0 spiro atoms. The number of carboxylic acid groups (broad SMARTS) is 1. The van der Waals surface area contributed by atoms with Crippen LogP contribution >= 0.6 is 0 Å². The summed E-state index contributed by atoms with van der Waals surface area (Å²) in [6, 6.07) is 7.98. The highest BCUT2D eigenvalue weighted by atomic mass is 16.5. The van der Waals surface area contributed by atoms with Gasteiger partial charge in [-0.1, -0.05) is 26.0 Å². The number of hydrogen-bond acceptors (Lipinski definition) is 3. The van der Waals surface area contributed by atoms with Gasteiger partial charge in [0.1, 0.15) is 11.8 Å². The van der Waals surface area contributed by atoms with Crippen LogP contribution in [-0.4, -0.2) is 29.8 Å². The summed E-state index contributed by atoms with van der Waals surface area (Å²) in [4.78, 5) is 11.1. The molecule has 2 atom stereocenters. The van der Waals surface area contributed by atoms with Crippen LogP contribution in [0.25, 0.3) is 0 Å². The molecule has 0 amide bonds. The van der Waals surface area contributed by atoms with Crippen LogP contribution in [0, 0.1) is 0 Å². The molecule has 0 heterocycles. The van der Waals surface area contributed by atoms with Gasteiger partial charge < -0.3 is 15.2 Å². The minimum atomic E-state index is -0.794. The van der Waals surface area contributed by atoms with Crippen LogP contribution in [0.15, 0.2) is 24.3 Å². The summed E-state index contributed by atoms with van der Waals surface area (Å²) in [5.74, 6) is 0.563. The second-order valence-corrected chi connectivity index (χ2v) is 5.85. The Balaban J connectivity index is 1.77. The number of aliphatic carboxylic acids is 1. The summed E-state index contributed by atoms with van der Waals surface area (Å²) in [6.45, 7) is 4.80. The van der Waals surface area contributed by atoms with Gasteiger partial charge in [0.25, 0.3) is 0 Å². The zero-order valence-corrected chi connectivity index (χ0v) is 12.8. The molecular weight excluding hydrogens is 266 g/mol. The third kappa shape index (κ3) is 5.05. The van der Waals surface area contributed by atoms with Gasteiger partial charge in [-0.15, -0.1) is 0 Å². The van der Waals surface area contributed by atoms with Crippen LogP contribution in [0.1, 0.15) is 51.0 Å². The Bertz CT molecular complexity index is 454. The van der Waals surface area contributed by atoms with Gasteiger partial charge in [-0.25, -0.2) is 0 Å². The molecule has 0 saturated heterocycles. The van der Waals surface area contributed by atoms with Crippen molar-refractivity contribution in [2.24, 2.45) is 0 Å². The van der Waals surface area contributed by atoms with E-state index in [1.54, 1.807) is 0 Å². The molecule has 21 heavy (non-hydrogen) atoms. The predicted molar refractivity (Wildman–Crippen MR) is 82.8 cm³/mol. The van der Waals surface area contributed by atoms with Gasteiger partial charge in [-0.05, 0) is 42.9 Å². The summed E-state index contributed by atoms with van der Waals surface area (Å²) in [6.07, 6.45) is 3.77. The molecule has 1 aromatic carbocycles. The fraction of sp³-hybridized carbons (Fsp3) is 0.588. The minimum Gasteiger partial charge on any atom is -0.494 e. The Morgan fingerprint density at radius 2 is 2.05 bits per heavy atom. The van der Waals surface area contributed by atoms with Gasteiger partial charge in [0, 0.05) is 12.5 Å². The van der Waals surface area contributed by atoms with Crippen molar-refractivity contribution < 1.29 is 14.6 Å². The standard InChI is InChI=1S/C17H25NO3/c1-3-12(2)13-4-8-15(9-5-13)21-11-10-16(17(19)20)18-14-6-7-14/h4-5,8-9,12,14,16,18H,3,6-7,10-11H2,1-2H3,(H,19,20). The van der Waals surface area contributed by atoms with Crippen molar-refractivity contribution in [3.8, 4) is 5.75 Å². The highest BCUT2D eigenvalue weighted by molar-refractivity contribution is 5.73. The van der Waals surface area contributed by atoms with E-state index in [0.717, 1.165) is 25.0 Å². The molecule has 4 heteroatoms. The lowest BCUT2D eigenvalue weighted by atomic mass is 9.99. The van der Waals surface area contributed by atoms with E-state index in [9.17, 15) is 4.79 Å². The number of nitrogens with one attached hydrogen (secondary N) is 1. The Labute approximate surface area is 126 Å². The molecule has 2 N–H and O–H groups in total. The van der Waals surface area contributed by atoms with Crippen molar-refractivity contribution in [3.05, 3.63) is 29.8 Å². The molecule has 1 saturated carbocycles. The van der Waals surface area contributed by atoms with E-state index < -0.39 is 12.0 Å². The molecule has 0 aliphatic heterocycles. The number of rotatable bonds is 9. The van der Waals surface area contributed by atoms with Gasteiger partial charge in [0.15, 0.2) is 0 Å². The molecular formula is C17H25NO3. The minimum absolute atomic E-state index is 0.390. The van der Waals surface area contributed by atoms with E-state index >= 15 is 0 Å². The Kier molecular flexibility index (Phi) is 5.62. The average Bonchev–Trinajstić information content (AvgIpc) is 3.30. The maximum atomic E-state index is 11.1. The highest BCUT2D eigenvalue weighted by Gasteiger charge is 2.27. The number of ether oxygens (including phenoxy) is 1. The van der Waals surface area contributed by atoms with Crippen LogP contribution in [0.3, 0.4) is 0 Å². The highest BCUT2D eigenvalue weighted by Crippen LogP contribution is 2.22. The second-order valence-electron chi connectivity index (χ2n) is 5.85. The third-order valence-corrected chi connectivity index (χ3v) is 4.05. The first-order valence-electron chi connectivity index (χ1n) is 7.81. The Morgan fingerprint density at radius 3 is 2.57 bits per heavy atom.